The SMILES string of the molecule is CC(C)(Oc1cccc(C(=O)c2ccccc2Cl)c1)C(=O)O. The molecule has 0 aromatic heterocycles. The first kappa shape index (κ1) is 16.0. The van der Waals surface area contributed by atoms with Crippen LogP contribution in [0.2, 0.25) is 5.02 Å². The number of ether oxygens (including phenoxy) is 1. The topological polar surface area (TPSA) is 63.6 Å². The fourth-order valence-corrected chi connectivity index (χ4v) is 2.06. The van der Waals surface area contributed by atoms with E-state index < -0.39 is 11.6 Å². The highest BCUT2D eigenvalue weighted by Crippen LogP contribution is 2.24. The molecule has 0 amide bonds. The zero-order valence-electron chi connectivity index (χ0n) is 12.2. The molecule has 0 atom stereocenters. The van der Waals surface area contributed by atoms with Crippen LogP contribution in [0.5, 0.6) is 5.75 Å². The van der Waals surface area contributed by atoms with E-state index in [1.54, 1.807) is 42.5 Å². The fraction of sp³-hybridized carbons (Fsp3) is 0.176. The molecule has 0 spiro atoms. The van der Waals surface area contributed by atoms with Crippen molar-refractivity contribution in [3.8, 4) is 5.75 Å². The third kappa shape index (κ3) is 3.46. The van der Waals surface area contributed by atoms with Gasteiger partial charge in [0.15, 0.2) is 11.4 Å². The van der Waals surface area contributed by atoms with Crippen LogP contribution in [0.4, 0.5) is 0 Å². The molecule has 0 radical (unpaired) electrons. The molecule has 0 aliphatic carbocycles. The van der Waals surface area contributed by atoms with Crippen molar-refractivity contribution in [3.05, 3.63) is 64.7 Å². The Labute approximate surface area is 133 Å². The molecule has 0 unspecified atom stereocenters. The van der Waals surface area contributed by atoms with Crippen molar-refractivity contribution in [1.29, 1.82) is 0 Å². The molecular formula is C17H15ClO4. The Kier molecular flexibility index (Phi) is 4.52. The van der Waals surface area contributed by atoms with Gasteiger partial charge in [-0.2, -0.15) is 0 Å². The Bertz CT molecular complexity index is 722. The van der Waals surface area contributed by atoms with Crippen LogP contribution >= 0.6 is 11.6 Å². The number of carboxylic acids is 1. The summed E-state index contributed by atoms with van der Waals surface area (Å²) in [6.07, 6.45) is 0. The molecule has 0 saturated carbocycles. The molecule has 4 nitrogen and oxygen atoms in total. The number of ketones is 1. The van der Waals surface area contributed by atoms with Crippen LogP contribution in [0, 0.1) is 0 Å². The van der Waals surface area contributed by atoms with Gasteiger partial charge in [0.05, 0.1) is 5.02 Å². The normalized spacial score (nSPS) is 11.0. The summed E-state index contributed by atoms with van der Waals surface area (Å²) < 4.78 is 5.44. The third-order valence-electron chi connectivity index (χ3n) is 3.10. The van der Waals surface area contributed by atoms with E-state index in [4.69, 9.17) is 21.4 Å². The minimum atomic E-state index is -1.38. The van der Waals surface area contributed by atoms with Crippen LogP contribution in [0.3, 0.4) is 0 Å². The van der Waals surface area contributed by atoms with Crippen molar-refractivity contribution < 1.29 is 19.4 Å². The summed E-state index contributed by atoms with van der Waals surface area (Å²) in [5.74, 6) is -1.02. The van der Waals surface area contributed by atoms with Gasteiger partial charge in [-0.25, -0.2) is 4.79 Å². The zero-order chi connectivity index (χ0) is 16.3. The van der Waals surface area contributed by atoms with E-state index in [0.29, 0.717) is 21.9 Å². The molecule has 2 rings (SSSR count). The van der Waals surface area contributed by atoms with Gasteiger partial charge < -0.3 is 9.84 Å². The average molecular weight is 319 g/mol. The third-order valence-corrected chi connectivity index (χ3v) is 3.43. The molecule has 0 saturated heterocycles. The van der Waals surface area contributed by atoms with Gasteiger partial charge >= 0.3 is 5.97 Å². The molecule has 22 heavy (non-hydrogen) atoms. The minimum absolute atomic E-state index is 0.246. The number of carboxylic acid groups (broad SMARTS) is 1. The highest BCUT2D eigenvalue weighted by Gasteiger charge is 2.29. The van der Waals surface area contributed by atoms with Gasteiger partial charge in [0.2, 0.25) is 0 Å². The van der Waals surface area contributed by atoms with E-state index in [1.165, 1.54) is 19.9 Å². The number of carbonyl (C=O) groups is 2. The lowest BCUT2D eigenvalue weighted by Gasteiger charge is -2.21. The summed E-state index contributed by atoms with van der Waals surface area (Å²) in [7, 11) is 0. The molecule has 1 N–H and O–H groups in total. The van der Waals surface area contributed by atoms with Crippen LogP contribution in [0.1, 0.15) is 29.8 Å². The second-order valence-corrected chi connectivity index (χ2v) is 5.66. The van der Waals surface area contributed by atoms with Gasteiger partial charge in [-0.15, -0.1) is 0 Å². The summed E-state index contributed by atoms with van der Waals surface area (Å²) in [5.41, 5.74) is -0.614. The van der Waals surface area contributed by atoms with Crippen molar-refractivity contribution >= 4 is 23.4 Å². The summed E-state index contributed by atoms with van der Waals surface area (Å²) in [4.78, 5) is 23.6. The molecule has 0 aliphatic heterocycles. The summed E-state index contributed by atoms with van der Waals surface area (Å²) in [6, 6.07) is 13.1. The Morgan fingerprint density at radius 2 is 1.77 bits per heavy atom. The molecule has 114 valence electrons. The van der Waals surface area contributed by atoms with Crippen LogP contribution in [-0.4, -0.2) is 22.5 Å². The number of rotatable bonds is 5. The number of halogens is 1. The Morgan fingerprint density at radius 3 is 2.41 bits per heavy atom. The molecule has 0 fully saturated rings. The Morgan fingerprint density at radius 1 is 1.09 bits per heavy atom. The summed E-state index contributed by atoms with van der Waals surface area (Å²) in [5, 5.41) is 9.45. The smallest absolute Gasteiger partial charge is 0.347 e. The quantitative estimate of drug-likeness (QED) is 0.851. The monoisotopic (exact) mass is 318 g/mol. The standard InChI is InChI=1S/C17H15ClO4/c1-17(2,16(20)21)22-12-7-5-6-11(10-12)15(19)13-8-3-4-9-14(13)18/h3-10H,1-2H3,(H,20,21). The summed E-state index contributed by atoms with van der Waals surface area (Å²) >= 11 is 6.03. The molecule has 2 aromatic rings. The van der Waals surface area contributed by atoms with Crippen molar-refractivity contribution in [2.75, 3.05) is 0 Å². The van der Waals surface area contributed by atoms with E-state index >= 15 is 0 Å². The fourth-order valence-electron chi connectivity index (χ4n) is 1.84. The van der Waals surface area contributed by atoms with Gasteiger partial charge in [-0.1, -0.05) is 35.9 Å². The molecule has 0 heterocycles. The van der Waals surface area contributed by atoms with Gasteiger partial charge in [-0.3, -0.25) is 4.79 Å². The molecule has 0 aliphatic rings. The lowest BCUT2D eigenvalue weighted by Crippen LogP contribution is -2.37. The number of hydrogen-bond donors (Lipinski definition) is 1. The van der Waals surface area contributed by atoms with Gasteiger partial charge in [-0.05, 0) is 38.1 Å². The molecule has 2 aromatic carbocycles. The van der Waals surface area contributed by atoms with Crippen LogP contribution in [0.25, 0.3) is 0 Å². The lowest BCUT2D eigenvalue weighted by atomic mass is 10.0. The number of carbonyl (C=O) groups excluding carboxylic acids is 1. The first-order chi connectivity index (χ1) is 10.3. The van der Waals surface area contributed by atoms with Gasteiger partial charge in [0.25, 0.3) is 0 Å². The Balaban J connectivity index is 2.31. The largest absolute Gasteiger partial charge is 0.478 e. The van der Waals surface area contributed by atoms with Crippen molar-refractivity contribution in [3.63, 3.8) is 0 Å². The van der Waals surface area contributed by atoms with Crippen molar-refractivity contribution in [1.82, 2.24) is 0 Å². The summed E-state index contributed by atoms with van der Waals surface area (Å²) in [6.45, 7) is 2.88. The first-order valence-corrected chi connectivity index (χ1v) is 7.01. The second kappa shape index (κ2) is 6.20. The van der Waals surface area contributed by atoms with Gasteiger partial charge in [0, 0.05) is 11.1 Å². The maximum absolute atomic E-state index is 12.5. The second-order valence-electron chi connectivity index (χ2n) is 5.25. The van der Waals surface area contributed by atoms with E-state index in [1.807, 2.05) is 0 Å². The molecular weight excluding hydrogens is 304 g/mol. The van der Waals surface area contributed by atoms with Gasteiger partial charge in [0.1, 0.15) is 5.75 Å². The maximum Gasteiger partial charge on any atom is 0.347 e. The predicted molar refractivity (Wildman–Crippen MR) is 83.7 cm³/mol. The highest BCUT2D eigenvalue weighted by atomic mass is 35.5. The van der Waals surface area contributed by atoms with Crippen molar-refractivity contribution in [2.45, 2.75) is 19.4 Å². The molecule has 5 heteroatoms. The van der Waals surface area contributed by atoms with E-state index in [9.17, 15) is 9.59 Å². The van der Waals surface area contributed by atoms with Crippen molar-refractivity contribution in [2.24, 2.45) is 0 Å². The van der Waals surface area contributed by atoms with Crippen LogP contribution < -0.4 is 4.74 Å². The number of benzene rings is 2. The van der Waals surface area contributed by atoms with Crippen LogP contribution in [0.15, 0.2) is 48.5 Å². The lowest BCUT2D eigenvalue weighted by molar-refractivity contribution is -0.152. The highest BCUT2D eigenvalue weighted by molar-refractivity contribution is 6.35. The predicted octanol–water partition coefficient (Wildman–Crippen LogP) is 3.81. The van der Waals surface area contributed by atoms with E-state index in [0.717, 1.165) is 0 Å². The Hall–Kier alpha value is -2.33. The first-order valence-electron chi connectivity index (χ1n) is 6.63. The average Bonchev–Trinajstić information content (AvgIpc) is 2.46. The number of aliphatic carboxylic acids is 1. The maximum atomic E-state index is 12.5. The van der Waals surface area contributed by atoms with Crippen LogP contribution in [-0.2, 0) is 4.79 Å². The zero-order valence-corrected chi connectivity index (χ0v) is 12.9. The molecule has 0 bridgehead atoms. The minimum Gasteiger partial charge on any atom is -0.478 e. The van der Waals surface area contributed by atoms with E-state index in [2.05, 4.69) is 0 Å². The number of hydrogen-bond acceptors (Lipinski definition) is 3. The van der Waals surface area contributed by atoms with E-state index in [-0.39, 0.29) is 5.78 Å².